The Morgan fingerprint density at radius 1 is 1.04 bits per heavy atom. The fraction of sp³-hybridized carbons (Fsp3) is 0.409. The molecule has 1 N–H and O–H groups in total. The van der Waals surface area contributed by atoms with Gasteiger partial charge in [-0.1, -0.05) is 29.8 Å². The molecule has 6 heteroatoms. The van der Waals surface area contributed by atoms with Gasteiger partial charge in [-0.2, -0.15) is 0 Å². The first-order valence-electron chi connectivity index (χ1n) is 9.88. The van der Waals surface area contributed by atoms with Crippen LogP contribution in [0.2, 0.25) is 5.02 Å². The third-order valence-electron chi connectivity index (χ3n) is 5.66. The predicted molar refractivity (Wildman–Crippen MR) is 108 cm³/mol. The van der Waals surface area contributed by atoms with E-state index in [-0.39, 0.29) is 23.8 Å². The Morgan fingerprint density at radius 3 is 2.36 bits per heavy atom. The number of likely N-dealkylation sites (tertiary alicyclic amines) is 1. The van der Waals surface area contributed by atoms with Crippen LogP contribution in [0.1, 0.15) is 47.8 Å². The fourth-order valence-electron chi connectivity index (χ4n) is 3.84. The third-order valence-corrected chi connectivity index (χ3v) is 5.91. The van der Waals surface area contributed by atoms with E-state index in [4.69, 9.17) is 11.6 Å². The highest BCUT2D eigenvalue weighted by atomic mass is 35.5. The number of piperidine rings is 1. The number of hydrogen-bond donors (Lipinski definition) is 1. The van der Waals surface area contributed by atoms with E-state index in [0.717, 1.165) is 18.4 Å². The molecule has 146 valence electrons. The summed E-state index contributed by atoms with van der Waals surface area (Å²) in [5, 5.41) is 3.97. The van der Waals surface area contributed by atoms with Crippen molar-refractivity contribution in [2.75, 3.05) is 13.1 Å². The van der Waals surface area contributed by atoms with Crippen LogP contribution in [0, 0.1) is 11.8 Å². The molecule has 1 saturated heterocycles. The molecule has 2 heterocycles. The van der Waals surface area contributed by atoms with Crippen molar-refractivity contribution in [3.63, 3.8) is 0 Å². The second-order valence-electron chi connectivity index (χ2n) is 7.66. The SMILES string of the molecule is O=C(NC(c1ccc(Cl)cc1)C1CC1)C1CCN(C(=O)c2ccccn2)CC1. The molecule has 0 radical (unpaired) electrons. The van der Waals surface area contributed by atoms with Crippen molar-refractivity contribution in [1.82, 2.24) is 15.2 Å². The molecule has 1 aromatic heterocycles. The molecule has 1 saturated carbocycles. The molecule has 4 rings (SSSR count). The van der Waals surface area contributed by atoms with Crippen LogP contribution in [-0.2, 0) is 4.79 Å². The molecule has 1 aliphatic heterocycles. The standard InChI is InChI=1S/C22H24ClN3O2/c23-18-8-6-16(7-9-18)20(15-4-5-15)25-21(27)17-10-13-26(14-11-17)22(28)19-3-1-2-12-24-19/h1-3,6-9,12,15,17,20H,4-5,10-11,13-14H2,(H,25,27). The number of amides is 2. The van der Waals surface area contributed by atoms with Gasteiger partial charge in [-0.05, 0) is 61.4 Å². The second-order valence-corrected chi connectivity index (χ2v) is 8.09. The maximum Gasteiger partial charge on any atom is 0.272 e. The van der Waals surface area contributed by atoms with Gasteiger partial charge < -0.3 is 10.2 Å². The minimum absolute atomic E-state index is 0.0537. The van der Waals surface area contributed by atoms with Crippen LogP contribution in [0.25, 0.3) is 0 Å². The summed E-state index contributed by atoms with van der Waals surface area (Å²) in [4.78, 5) is 31.3. The molecule has 2 aromatic rings. The molecule has 2 aliphatic rings. The predicted octanol–water partition coefficient (Wildman–Crippen LogP) is 3.85. The molecule has 1 aromatic carbocycles. The molecule has 28 heavy (non-hydrogen) atoms. The quantitative estimate of drug-likeness (QED) is 0.833. The highest BCUT2D eigenvalue weighted by Gasteiger charge is 2.35. The summed E-state index contributed by atoms with van der Waals surface area (Å²) in [5.74, 6) is 0.491. The molecular weight excluding hydrogens is 374 g/mol. The first-order valence-corrected chi connectivity index (χ1v) is 10.3. The summed E-state index contributed by atoms with van der Waals surface area (Å²) in [6, 6.07) is 13.1. The van der Waals surface area contributed by atoms with E-state index in [0.29, 0.717) is 42.6 Å². The minimum Gasteiger partial charge on any atom is -0.349 e. The maximum atomic E-state index is 12.9. The van der Waals surface area contributed by atoms with E-state index >= 15 is 0 Å². The Balaban J connectivity index is 1.34. The number of carbonyl (C=O) groups excluding carboxylic acids is 2. The number of halogens is 1. The lowest BCUT2D eigenvalue weighted by atomic mass is 9.94. The van der Waals surface area contributed by atoms with Gasteiger partial charge in [0.05, 0.1) is 6.04 Å². The molecular formula is C22H24ClN3O2. The highest BCUT2D eigenvalue weighted by Crippen LogP contribution is 2.41. The van der Waals surface area contributed by atoms with Crippen molar-refractivity contribution in [1.29, 1.82) is 0 Å². The van der Waals surface area contributed by atoms with Crippen LogP contribution in [-0.4, -0.2) is 34.8 Å². The van der Waals surface area contributed by atoms with Crippen molar-refractivity contribution in [2.45, 2.75) is 31.7 Å². The second kappa shape index (κ2) is 8.31. The molecule has 1 unspecified atom stereocenters. The van der Waals surface area contributed by atoms with Gasteiger partial charge in [-0.3, -0.25) is 14.6 Å². The van der Waals surface area contributed by atoms with Crippen LogP contribution in [0.4, 0.5) is 0 Å². The number of nitrogens with one attached hydrogen (secondary N) is 1. The Labute approximate surface area is 170 Å². The molecule has 0 bridgehead atoms. The van der Waals surface area contributed by atoms with Gasteiger partial charge in [0.1, 0.15) is 5.69 Å². The average Bonchev–Trinajstić information content (AvgIpc) is 3.58. The number of carbonyl (C=O) groups is 2. The van der Waals surface area contributed by atoms with E-state index in [1.165, 1.54) is 0 Å². The summed E-state index contributed by atoms with van der Waals surface area (Å²) in [7, 11) is 0. The van der Waals surface area contributed by atoms with Gasteiger partial charge >= 0.3 is 0 Å². The van der Waals surface area contributed by atoms with Crippen LogP contribution in [0.5, 0.6) is 0 Å². The lowest BCUT2D eigenvalue weighted by Crippen LogP contribution is -2.44. The van der Waals surface area contributed by atoms with Crippen molar-refractivity contribution in [3.05, 3.63) is 64.9 Å². The van der Waals surface area contributed by atoms with Gasteiger partial charge in [-0.25, -0.2) is 0 Å². The van der Waals surface area contributed by atoms with Gasteiger partial charge in [0.2, 0.25) is 5.91 Å². The van der Waals surface area contributed by atoms with Crippen LogP contribution < -0.4 is 5.32 Å². The van der Waals surface area contributed by atoms with Crippen molar-refractivity contribution in [3.8, 4) is 0 Å². The summed E-state index contributed by atoms with van der Waals surface area (Å²) in [5.41, 5.74) is 1.57. The molecule has 5 nitrogen and oxygen atoms in total. The van der Waals surface area contributed by atoms with E-state index in [1.807, 2.05) is 30.3 Å². The zero-order chi connectivity index (χ0) is 19.5. The van der Waals surface area contributed by atoms with Gasteiger partial charge in [0.25, 0.3) is 5.91 Å². The molecule has 2 amide bonds. The van der Waals surface area contributed by atoms with Gasteiger partial charge in [0, 0.05) is 30.2 Å². The average molecular weight is 398 g/mol. The number of benzene rings is 1. The lowest BCUT2D eigenvalue weighted by molar-refractivity contribution is -0.127. The zero-order valence-electron chi connectivity index (χ0n) is 15.7. The third kappa shape index (κ3) is 4.36. The molecule has 1 aliphatic carbocycles. The molecule has 2 fully saturated rings. The molecule has 1 atom stereocenters. The number of hydrogen-bond acceptors (Lipinski definition) is 3. The highest BCUT2D eigenvalue weighted by molar-refractivity contribution is 6.30. The number of nitrogens with zero attached hydrogens (tertiary/aromatic N) is 2. The van der Waals surface area contributed by atoms with E-state index in [2.05, 4.69) is 10.3 Å². The maximum absolute atomic E-state index is 12.9. The number of rotatable bonds is 5. The van der Waals surface area contributed by atoms with Crippen molar-refractivity contribution in [2.24, 2.45) is 11.8 Å². The topological polar surface area (TPSA) is 62.3 Å². The summed E-state index contributed by atoms with van der Waals surface area (Å²) in [6.45, 7) is 1.17. The lowest BCUT2D eigenvalue weighted by Gasteiger charge is -2.32. The first kappa shape index (κ1) is 18.9. The van der Waals surface area contributed by atoms with Gasteiger partial charge in [-0.15, -0.1) is 0 Å². The minimum atomic E-state index is -0.0588. The number of pyridine rings is 1. The normalized spacial score (nSPS) is 18.5. The van der Waals surface area contributed by atoms with Crippen molar-refractivity contribution >= 4 is 23.4 Å². The Morgan fingerprint density at radius 2 is 1.75 bits per heavy atom. The Bertz CT molecular complexity index is 829. The summed E-state index contributed by atoms with van der Waals surface area (Å²) in [6.07, 6.45) is 5.28. The summed E-state index contributed by atoms with van der Waals surface area (Å²) >= 11 is 6.00. The zero-order valence-corrected chi connectivity index (χ0v) is 16.4. The monoisotopic (exact) mass is 397 g/mol. The van der Waals surface area contributed by atoms with E-state index in [9.17, 15) is 9.59 Å². The number of aromatic nitrogens is 1. The van der Waals surface area contributed by atoms with Gasteiger partial charge in [0.15, 0.2) is 0 Å². The first-order chi connectivity index (χ1) is 13.6. The largest absolute Gasteiger partial charge is 0.349 e. The van der Waals surface area contributed by atoms with Crippen LogP contribution >= 0.6 is 11.6 Å². The summed E-state index contributed by atoms with van der Waals surface area (Å²) < 4.78 is 0. The smallest absolute Gasteiger partial charge is 0.272 e. The van der Waals surface area contributed by atoms with Crippen molar-refractivity contribution < 1.29 is 9.59 Å². The van der Waals surface area contributed by atoms with Crippen LogP contribution in [0.3, 0.4) is 0 Å². The Kier molecular flexibility index (Phi) is 5.62. The van der Waals surface area contributed by atoms with Crippen LogP contribution in [0.15, 0.2) is 48.7 Å². The molecule has 0 spiro atoms. The van der Waals surface area contributed by atoms with E-state index in [1.54, 1.807) is 23.2 Å². The Hall–Kier alpha value is -2.40. The van der Waals surface area contributed by atoms with E-state index < -0.39 is 0 Å². The fourth-order valence-corrected chi connectivity index (χ4v) is 3.97.